The van der Waals surface area contributed by atoms with Crippen LogP contribution in [0.15, 0.2) is 35.3 Å². The van der Waals surface area contributed by atoms with Crippen molar-refractivity contribution in [1.82, 2.24) is 9.78 Å². The Bertz CT molecular complexity index is 698. The fraction of sp³-hybridized carbons (Fsp3) is 0.0833. The number of esters is 1. The number of carbonyl (C=O) groups is 1. The predicted molar refractivity (Wildman–Crippen MR) is 71.2 cm³/mol. The maximum atomic E-state index is 11.5. The van der Waals surface area contributed by atoms with Crippen LogP contribution in [0.3, 0.4) is 0 Å². The van der Waals surface area contributed by atoms with Crippen molar-refractivity contribution in [1.29, 1.82) is 0 Å². The van der Waals surface area contributed by atoms with Gasteiger partial charge in [-0.05, 0) is 12.1 Å². The molecule has 0 fully saturated rings. The normalized spacial score (nSPS) is 10.3. The lowest BCUT2D eigenvalue weighted by Gasteiger charge is -2.09. The minimum atomic E-state index is -0.808. The summed E-state index contributed by atoms with van der Waals surface area (Å²) in [5, 5.41) is 4.52. The molecule has 0 unspecified atom stereocenters. The van der Waals surface area contributed by atoms with Crippen LogP contribution in [0.4, 0.5) is 0 Å². The molecule has 0 aliphatic carbocycles. The van der Waals surface area contributed by atoms with Gasteiger partial charge in [-0.15, -0.1) is 0 Å². The fourth-order valence-electron chi connectivity index (χ4n) is 1.45. The lowest BCUT2D eigenvalue weighted by molar-refractivity contribution is 0.0590. The minimum absolute atomic E-state index is 0.274. The number of ether oxygens (including phenoxy) is 1. The average molecular weight is 299 g/mol. The third kappa shape index (κ3) is 2.62. The molecule has 7 heteroatoms. The predicted octanol–water partition coefficient (Wildman–Crippen LogP) is 2.33. The van der Waals surface area contributed by atoms with E-state index < -0.39 is 11.4 Å². The Morgan fingerprint density at radius 2 is 2.05 bits per heavy atom. The van der Waals surface area contributed by atoms with Crippen molar-refractivity contribution in [3.05, 3.63) is 56.4 Å². The van der Waals surface area contributed by atoms with Gasteiger partial charge in [0.2, 0.25) is 11.1 Å². The molecule has 0 aliphatic rings. The lowest BCUT2D eigenvalue weighted by atomic mass is 10.3. The summed E-state index contributed by atoms with van der Waals surface area (Å²) in [6.45, 7) is 0. The summed E-state index contributed by atoms with van der Waals surface area (Å²) < 4.78 is 5.78. The van der Waals surface area contributed by atoms with Crippen molar-refractivity contribution in [2.24, 2.45) is 0 Å². The van der Waals surface area contributed by atoms with Gasteiger partial charge in [-0.25, -0.2) is 9.48 Å². The first-order valence-electron chi connectivity index (χ1n) is 5.17. The molecule has 0 saturated heterocycles. The SMILES string of the molecule is COC(=O)c1nn(-c2cccc(Cl)c2Cl)ccc1=O. The highest BCUT2D eigenvalue weighted by atomic mass is 35.5. The van der Waals surface area contributed by atoms with Gasteiger partial charge in [0.1, 0.15) is 0 Å². The third-order valence-electron chi connectivity index (χ3n) is 2.37. The van der Waals surface area contributed by atoms with E-state index in [0.29, 0.717) is 10.7 Å². The quantitative estimate of drug-likeness (QED) is 0.798. The van der Waals surface area contributed by atoms with E-state index in [1.165, 1.54) is 24.1 Å². The van der Waals surface area contributed by atoms with Crippen LogP contribution in [0.2, 0.25) is 10.0 Å². The highest BCUT2D eigenvalue weighted by Gasteiger charge is 2.14. The summed E-state index contributed by atoms with van der Waals surface area (Å²) >= 11 is 11.9. The Labute approximate surface area is 118 Å². The Kier molecular flexibility index (Phi) is 3.87. The number of benzene rings is 1. The van der Waals surface area contributed by atoms with E-state index in [2.05, 4.69) is 9.84 Å². The van der Waals surface area contributed by atoms with Crippen LogP contribution in [-0.4, -0.2) is 22.9 Å². The molecule has 5 nitrogen and oxygen atoms in total. The monoisotopic (exact) mass is 298 g/mol. The van der Waals surface area contributed by atoms with E-state index >= 15 is 0 Å². The fourth-order valence-corrected chi connectivity index (χ4v) is 1.83. The van der Waals surface area contributed by atoms with Gasteiger partial charge in [-0.1, -0.05) is 29.3 Å². The van der Waals surface area contributed by atoms with Gasteiger partial charge in [-0.2, -0.15) is 5.10 Å². The minimum Gasteiger partial charge on any atom is -0.464 e. The van der Waals surface area contributed by atoms with Crippen LogP contribution >= 0.6 is 23.2 Å². The molecule has 2 rings (SSSR count). The van der Waals surface area contributed by atoms with Crippen molar-refractivity contribution in [2.75, 3.05) is 7.11 Å². The molecular weight excluding hydrogens is 291 g/mol. The number of aromatic nitrogens is 2. The average Bonchev–Trinajstić information content (AvgIpc) is 2.42. The number of rotatable bonds is 2. The Morgan fingerprint density at radius 1 is 1.32 bits per heavy atom. The van der Waals surface area contributed by atoms with Crippen molar-refractivity contribution in [3.63, 3.8) is 0 Å². The molecule has 0 spiro atoms. The van der Waals surface area contributed by atoms with Crippen LogP contribution < -0.4 is 5.43 Å². The first-order valence-corrected chi connectivity index (χ1v) is 5.93. The second kappa shape index (κ2) is 5.42. The van der Waals surface area contributed by atoms with Crippen molar-refractivity contribution in [2.45, 2.75) is 0 Å². The number of carbonyl (C=O) groups excluding carboxylic acids is 1. The topological polar surface area (TPSA) is 61.2 Å². The van der Waals surface area contributed by atoms with Crippen LogP contribution in [-0.2, 0) is 4.74 Å². The zero-order chi connectivity index (χ0) is 14.0. The molecule has 1 heterocycles. The van der Waals surface area contributed by atoms with Gasteiger partial charge >= 0.3 is 5.97 Å². The number of methoxy groups -OCH3 is 1. The Morgan fingerprint density at radius 3 is 2.74 bits per heavy atom. The summed E-state index contributed by atoms with van der Waals surface area (Å²) in [7, 11) is 1.17. The zero-order valence-corrected chi connectivity index (χ0v) is 11.3. The van der Waals surface area contributed by atoms with Crippen molar-refractivity contribution >= 4 is 29.2 Å². The second-order valence-electron chi connectivity index (χ2n) is 3.54. The van der Waals surface area contributed by atoms with Gasteiger partial charge in [0.15, 0.2) is 0 Å². The number of nitrogens with zero attached hydrogens (tertiary/aromatic N) is 2. The van der Waals surface area contributed by atoms with Gasteiger partial charge < -0.3 is 4.74 Å². The number of halogens is 2. The molecule has 2 aromatic rings. The van der Waals surface area contributed by atoms with Gasteiger partial charge in [0, 0.05) is 12.3 Å². The molecule has 1 aromatic heterocycles. The molecule has 0 amide bonds. The maximum Gasteiger partial charge on any atom is 0.362 e. The second-order valence-corrected chi connectivity index (χ2v) is 4.32. The van der Waals surface area contributed by atoms with E-state index in [1.54, 1.807) is 18.2 Å². The van der Waals surface area contributed by atoms with Crippen LogP contribution in [0, 0.1) is 0 Å². The highest BCUT2D eigenvalue weighted by molar-refractivity contribution is 6.43. The summed E-state index contributed by atoms with van der Waals surface area (Å²) in [6.07, 6.45) is 1.40. The number of hydrogen-bond acceptors (Lipinski definition) is 4. The summed E-state index contributed by atoms with van der Waals surface area (Å²) in [5.41, 5.74) is -0.387. The standard InChI is InChI=1S/C12H8Cl2N2O3/c1-19-12(18)11-9(17)5-6-16(15-11)8-4-2-3-7(13)10(8)14/h2-6H,1H3. The summed E-state index contributed by atoms with van der Waals surface area (Å²) in [6, 6.07) is 6.17. The van der Waals surface area contributed by atoms with E-state index in [9.17, 15) is 9.59 Å². The molecule has 19 heavy (non-hydrogen) atoms. The zero-order valence-electron chi connectivity index (χ0n) is 9.76. The van der Waals surface area contributed by atoms with E-state index in [1.807, 2.05) is 0 Å². The van der Waals surface area contributed by atoms with Crippen molar-refractivity contribution < 1.29 is 9.53 Å². The van der Waals surface area contributed by atoms with Crippen LogP contribution in [0.5, 0.6) is 0 Å². The van der Waals surface area contributed by atoms with Gasteiger partial charge in [0.05, 0.1) is 22.8 Å². The molecule has 98 valence electrons. The maximum absolute atomic E-state index is 11.5. The molecule has 0 bridgehead atoms. The summed E-state index contributed by atoms with van der Waals surface area (Å²) in [5.74, 6) is -0.808. The highest BCUT2D eigenvalue weighted by Crippen LogP contribution is 2.27. The third-order valence-corrected chi connectivity index (χ3v) is 3.17. The lowest BCUT2D eigenvalue weighted by Crippen LogP contribution is -2.21. The van der Waals surface area contributed by atoms with E-state index in [-0.39, 0.29) is 10.7 Å². The smallest absolute Gasteiger partial charge is 0.362 e. The van der Waals surface area contributed by atoms with Gasteiger partial charge in [0.25, 0.3) is 0 Å². The first-order chi connectivity index (χ1) is 9.04. The molecular formula is C12H8Cl2N2O3. The summed E-state index contributed by atoms with van der Waals surface area (Å²) in [4.78, 5) is 22.9. The van der Waals surface area contributed by atoms with Crippen molar-refractivity contribution in [3.8, 4) is 5.69 Å². The molecule has 0 atom stereocenters. The molecule has 0 aliphatic heterocycles. The van der Waals surface area contributed by atoms with Crippen LogP contribution in [0.1, 0.15) is 10.5 Å². The first kappa shape index (κ1) is 13.6. The van der Waals surface area contributed by atoms with E-state index in [4.69, 9.17) is 23.2 Å². The molecule has 0 saturated carbocycles. The van der Waals surface area contributed by atoms with E-state index in [0.717, 1.165) is 0 Å². The number of hydrogen-bond donors (Lipinski definition) is 0. The molecule has 1 aromatic carbocycles. The van der Waals surface area contributed by atoms with Gasteiger partial charge in [-0.3, -0.25) is 4.79 Å². The molecule has 0 radical (unpaired) electrons. The van der Waals surface area contributed by atoms with Crippen LogP contribution in [0.25, 0.3) is 5.69 Å². The Hall–Kier alpha value is -1.85. The molecule has 0 N–H and O–H groups in total. The largest absolute Gasteiger partial charge is 0.464 e. The Balaban J connectivity index is 2.61.